The van der Waals surface area contributed by atoms with Gasteiger partial charge in [0.1, 0.15) is 5.82 Å². The number of anilines is 1. The maximum absolute atomic E-state index is 8.49. The van der Waals surface area contributed by atoms with Gasteiger partial charge in [-0.2, -0.15) is 0 Å². The number of hydrogen-bond acceptors (Lipinski definition) is 3. The van der Waals surface area contributed by atoms with Gasteiger partial charge in [-0.15, -0.1) is 0 Å². The summed E-state index contributed by atoms with van der Waals surface area (Å²) in [5.41, 5.74) is 3.47. The number of aromatic nitrogens is 1. The Hall–Kier alpha value is -2.16. The highest BCUT2D eigenvalue weighted by Gasteiger charge is 2.12. The molecule has 0 amide bonds. The molecule has 0 spiro atoms. The number of benzene rings is 1. The van der Waals surface area contributed by atoms with Gasteiger partial charge in [0.15, 0.2) is 0 Å². The van der Waals surface area contributed by atoms with E-state index in [1.165, 1.54) is 12.8 Å². The molecule has 2 N–H and O–H groups in total. The summed E-state index contributed by atoms with van der Waals surface area (Å²) in [6.45, 7) is 5.13. The van der Waals surface area contributed by atoms with Gasteiger partial charge in [0.25, 0.3) is 0 Å². The normalized spacial score (nSPS) is 10.4. The van der Waals surface area contributed by atoms with E-state index in [9.17, 15) is 0 Å². The molecule has 0 saturated carbocycles. The Morgan fingerprint density at radius 1 is 1.10 bits per heavy atom. The Bertz CT molecular complexity index is 605. The van der Waals surface area contributed by atoms with Crippen molar-refractivity contribution < 1.29 is 0 Å². The molecule has 110 valence electrons. The van der Waals surface area contributed by atoms with Crippen molar-refractivity contribution in [1.29, 1.82) is 5.41 Å². The minimum atomic E-state index is 0.527. The van der Waals surface area contributed by atoms with Crippen LogP contribution in [0.25, 0.3) is 0 Å². The molecule has 1 aromatic heterocycles. The molecule has 0 fully saturated rings. The Kier molecular flexibility index (Phi) is 5.50. The molecule has 0 unspecified atom stereocenters. The van der Waals surface area contributed by atoms with E-state index in [1.54, 1.807) is 6.20 Å². The second-order valence-electron chi connectivity index (χ2n) is 5.22. The molecule has 3 heteroatoms. The maximum atomic E-state index is 8.49. The van der Waals surface area contributed by atoms with Crippen molar-refractivity contribution in [1.82, 2.24) is 4.98 Å². The van der Waals surface area contributed by atoms with Gasteiger partial charge in [-0.25, -0.2) is 4.98 Å². The molecule has 0 aliphatic rings. The fourth-order valence-corrected chi connectivity index (χ4v) is 2.33. The number of nitrogens with zero attached hydrogens (tertiary/aromatic N) is 1. The topological polar surface area (TPSA) is 48.8 Å². The lowest BCUT2D eigenvalue weighted by Gasteiger charge is -2.13. The fourth-order valence-electron chi connectivity index (χ4n) is 2.33. The van der Waals surface area contributed by atoms with Crippen LogP contribution in [0.3, 0.4) is 0 Å². The summed E-state index contributed by atoms with van der Waals surface area (Å²) in [6.07, 6.45) is 5.32. The average molecular weight is 281 g/mol. The van der Waals surface area contributed by atoms with E-state index in [2.05, 4.69) is 17.2 Å². The largest absolute Gasteiger partial charge is 0.370 e. The number of hydrogen-bond donors (Lipinski definition) is 2. The van der Waals surface area contributed by atoms with Gasteiger partial charge < -0.3 is 5.32 Å². The van der Waals surface area contributed by atoms with Gasteiger partial charge in [0, 0.05) is 23.9 Å². The summed E-state index contributed by atoms with van der Waals surface area (Å²) in [5, 5.41) is 11.9. The monoisotopic (exact) mass is 281 g/mol. The standard InChI is InChI=1S/C18H23N3/c1-3-4-7-12-20-18-16(11-8-13-21-18)17(19)15-10-6-5-9-14(15)2/h5-6,8-11,13,19H,3-4,7,12H2,1-2H3,(H,20,21). The van der Waals surface area contributed by atoms with Crippen molar-refractivity contribution in [3.63, 3.8) is 0 Å². The highest BCUT2D eigenvalue weighted by atomic mass is 15.0. The van der Waals surface area contributed by atoms with Crippen LogP contribution in [0.15, 0.2) is 42.6 Å². The summed E-state index contributed by atoms with van der Waals surface area (Å²) in [7, 11) is 0. The smallest absolute Gasteiger partial charge is 0.135 e. The molecule has 0 atom stereocenters. The van der Waals surface area contributed by atoms with Crippen molar-refractivity contribution in [3.05, 3.63) is 59.3 Å². The molecule has 21 heavy (non-hydrogen) atoms. The summed E-state index contributed by atoms with van der Waals surface area (Å²) < 4.78 is 0. The molecule has 1 aromatic carbocycles. The third-order valence-corrected chi connectivity index (χ3v) is 3.56. The molecular weight excluding hydrogens is 258 g/mol. The SMILES string of the molecule is CCCCCNc1ncccc1C(=N)c1ccccc1C. The molecule has 2 aromatic rings. The molecule has 1 heterocycles. The van der Waals surface area contributed by atoms with E-state index in [-0.39, 0.29) is 0 Å². The van der Waals surface area contributed by atoms with Crippen molar-refractivity contribution in [3.8, 4) is 0 Å². The summed E-state index contributed by atoms with van der Waals surface area (Å²) in [4.78, 5) is 4.40. The first kappa shape index (κ1) is 15.2. The average Bonchev–Trinajstić information content (AvgIpc) is 2.52. The highest BCUT2D eigenvalue weighted by Crippen LogP contribution is 2.19. The molecule has 3 nitrogen and oxygen atoms in total. The van der Waals surface area contributed by atoms with Crippen molar-refractivity contribution in [2.24, 2.45) is 0 Å². The van der Waals surface area contributed by atoms with Gasteiger partial charge in [0.2, 0.25) is 0 Å². The van der Waals surface area contributed by atoms with Crippen LogP contribution < -0.4 is 5.32 Å². The third kappa shape index (κ3) is 3.91. The van der Waals surface area contributed by atoms with Crippen LogP contribution in [-0.2, 0) is 0 Å². The number of pyridine rings is 1. The first-order chi connectivity index (χ1) is 10.2. The minimum absolute atomic E-state index is 0.527. The van der Waals surface area contributed by atoms with Gasteiger partial charge in [-0.1, -0.05) is 44.0 Å². The summed E-state index contributed by atoms with van der Waals surface area (Å²) in [5.74, 6) is 0.807. The second kappa shape index (κ2) is 7.58. The molecule has 0 aliphatic carbocycles. The second-order valence-corrected chi connectivity index (χ2v) is 5.22. The zero-order chi connectivity index (χ0) is 15.1. The Morgan fingerprint density at radius 2 is 1.86 bits per heavy atom. The van der Waals surface area contributed by atoms with E-state index in [4.69, 9.17) is 5.41 Å². The Balaban J connectivity index is 2.19. The van der Waals surface area contributed by atoms with Crippen LogP contribution in [-0.4, -0.2) is 17.2 Å². The molecule has 0 bridgehead atoms. The van der Waals surface area contributed by atoms with Crippen LogP contribution >= 0.6 is 0 Å². The lowest BCUT2D eigenvalue weighted by Crippen LogP contribution is -2.11. The number of aryl methyl sites for hydroxylation is 1. The van der Waals surface area contributed by atoms with E-state index >= 15 is 0 Å². The van der Waals surface area contributed by atoms with Crippen LogP contribution in [0.4, 0.5) is 5.82 Å². The van der Waals surface area contributed by atoms with Gasteiger partial charge in [0.05, 0.1) is 5.71 Å². The van der Waals surface area contributed by atoms with Crippen LogP contribution in [0.2, 0.25) is 0 Å². The van der Waals surface area contributed by atoms with E-state index in [0.717, 1.165) is 35.5 Å². The predicted octanol–water partition coefficient (Wildman–Crippen LogP) is 4.41. The van der Waals surface area contributed by atoms with Gasteiger partial charge in [-0.05, 0) is 31.0 Å². The zero-order valence-electron chi connectivity index (χ0n) is 12.8. The molecule has 0 radical (unpaired) electrons. The number of rotatable bonds is 7. The lowest BCUT2D eigenvalue weighted by atomic mass is 9.99. The number of unbranched alkanes of at least 4 members (excludes halogenated alkanes) is 2. The number of nitrogens with one attached hydrogen (secondary N) is 2. The van der Waals surface area contributed by atoms with Crippen molar-refractivity contribution >= 4 is 11.5 Å². The minimum Gasteiger partial charge on any atom is -0.370 e. The highest BCUT2D eigenvalue weighted by molar-refractivity contribution is 6.14. The molecule has 2 rings (SSSR count). The predicted molar refractivity (Wildman–Crippen MR) is 89.4 cm³/mol. The van der Waals surface area contributed by atoms with E-state index in [1.807, 2.05) is 43.3 Å². The van der Waals surface area contributed by atoms with Gasteiger partial charge >= 0.3 is 0 Å². The summed E-state index contributed by atoms with van der Waals surface area (Å²) >= 11 is 0. The molecular formula is C18H23N3. The molecule has 0 aliphatic heterocycles. The zero-order valence-corrected chi connectivity index (χ0v) is 12.8. The van der Waals surface area contributed by atoms with Crippen LogP contribution in [0, 0.1) is 12.3 Å². The van der Waals surface area contributed by atoms with Crippen molar-refractivity contribution in [2.45, 2.75) is 33.1 Å². The maximum Gasteiger partial charge on any atom is 0.135 e. The summed E-state index contributed by atoms with van der Waals surface area (Å²) in [6, 6.07) is 11.9. The van der Waals surface area contributed by atoms with Crippen LogP contribution in [0.1, 0.15) is 42.9 Å². The quantitative estimate of drug-likeness (QED) is 0.583. The first-order valence-electron chi connectivity index (χ1n) is 7.58. The van der Waals surface area contributed by atoms with Crippen molar-refractivity contribution in [2.75, 3.05) is 11.9 Å². The fraction of sp³-hybridized carbons (Fsp3) is 0.333. The van der Waals surface area contributed by atoms with E-state index < -0.39 is 0 Å². The van der Waals surface area contributed by atoms with E-state index in [0.29, 0.717) is 5.71 Å². The van der Waals surface area contributed by atoms with Gasteiger partial charge in [-0.3, -0.25) is 5.41 Å². The third-order valence-electron chi connectivity index (χ3n) is 3.56. The lowest BCUT2D eigenvalue weighted by molar-refractivity contribution is 0.742. The Morgan fingerprint density at radius 3 is 2.62 bits per heavy atom. The Labute approximate surface area is 126 Å². The molecule has 0 saturated heterocycles. The first-order valence-corrected chi connectivity index (χ1v) is 7.58. The van der Waals surface area contributed by atoms with Crippen LogP contribution in [0.5, 0.6) is 0 Å².